The van der Waals surface area contributed by atoms with E-state index in [2.05, 4.69) is 0 Å². The van der Waals surface area contributed by atoms with E-state index < -0.39 is 16.0 Å². The maximum Gasteiger partial charge on any atom is 0.335 e. The van der Waals surface area contributed by atoms with E-state index in [0.717, 1.165) is 0 Å². The topological polar surface area (TPSA) is 83.9 Å². The molecule has 0 radical (unpaired) electrons. The van der Waals surface area contributed by atoms with Gasteiger partial charge in [0.2, 0.25) is 10.0 Å². The molecule has 1 saturated carbocycles. The van der Waals surface area contributed by atoms with Crippen LogP contribution in [0.1, 0.15) is 23.2 Å². The summed E-state index contributed by atoms with van der Waals surface area (Å²) in [5, 5.41) is 8.92. The van der Waals surface area contributed by atoms with Crippen molar-refractivity contribution in [1.82, 2.24) is 4.31 Å². The van der Waals surface area contributed by atoms with Crippen LogP contribution in [0.2, 0.25) is 0 Å². The van der Waals surface area contributed by atoms with Gasteiger partial charge in [0.15, 0.2) is 0 Å². The van der Waals surface area contributed by atoms with Crippen molar-refractivity contribution in [2.45, 2.75) is 17.7 Å². The summed E-state index contributed by atoms with van der Waals surface area (Å²) in [6.07, 6.45) is 2.38. The molecule has 6 nitrogen and oxygen atoms in total. The standard InChI is InChI=1S/C14H19NO5S/c1-15(7-8-20-10-11-5-6-11)21(18,19)13-4-2-3-12(9-13)14(16)17/h2-4,9,11H,5-8,10H2,1H3,(H,16,17). The number of sulfonamides is 1. The zero-order valence-corrected chi connectivity index (χ0v) is 12.7. The third-order valence-corrected chi connectivity index (χ3v) is 5.24. The third kappa shape index (κ3) is 4.26. The highest BCUT2D eigenvalue weighted by Crippen LogP contribution is 2.28. The Morgan fingerprint density at radius 1 is 1.43 bits per heavy atom. The van der Waals surface area contributed by atoms with Crippen LogP contribution >= 0.6 is 0 Å². The highest BCUT2D eigenvalue weighted by molar-refractivity contribution is 7.89. The van der Waals surface area contributed by atoms with Crippen molar-refractivity contribution in [3.05, 3.63) is 29.8 Å². The molecule has 0 heterocycles. The first-order chi connectivity index (χ1) is 9.91. The number of hydrogen-bond acceptors (Lipinski definition) is 4. The van der Waals surface area contributed by atoms with E-state index in [1.165, 1.54) is 48.5 Å². The number of likely N-dealkylation sites (N-methyl/N-ethyl adjacent to an activating group) is 1. The van der Waals surface area contributed by atoms with Gasteiger partial charge in [-0.25, -0.2) is 13.2 Å². The first-order valence-corrected chi connectivity index (χ1v) is 8.22. The molecule has 0 amide bonds. The van der Waals surface area contributed by atoms with E-state index in [4.69, 9.17) is 9.84 Å². The summed E-state index contributed by atoms with van der Waals surface area (Å²) >= 11 is 0. The summed E-state index contributed by atoms with van der Waals surface area (Å²) in [4.78, 5) is 10.9. The average molecular weight is 313 g/mol. The lowest BCUT2D eigenvalue weighted by molar-refractivity contribution is 0.0696. The molecular weight excluding hydrogens is 294 g/mol. The van der Waals surface area contributed by atoms with E-state index in [1.54, 1.807) is 0 Å². The Morgan fingerprint density at radius 3 is 2.76 bits per heavy atom. The van der Waals surface area contributed by atoms with Crippen molar-refractivity contribution in [3.8, 4) is 0 Å². The molecule has 0 atom stereocenters. The highest BCUT2D eigenvalue weighted by Gasteiger charge is 2.23. The number of nitrogens with zero attached hydrogens (tertiary/aromatic N) is 1. The van der Waals surface area contributed by atoms with Crippen LogP contribution < -0.4 is 0 Å². The summed E-state index contributed by atoms with van der Waals surface area (Å²) in [7, 11) is -2.23. The summed E-state index contributed by atoms with van der Waals surface area (Å²) in [6.45, 7) is 1.26. The average Bonchev–Trinajstić information content (AvgIpc) is 3.27. The van der Waals surface area contributed by atoms with Gasteiger partial charge in [0.05, 0.1) is 17.1 Å². The molecule has 0 spiro atoms. The molecule has 1 aliphatic carbocycles. The van der Waals surface area contributed by atoms with E-state index >= 15 is 0 Å². The normalized spacial score (nSPS) is 15.3. The maximum atomic E-state index is 12.3. The van der Waals surface area contributed by atoms with Gasteiger partial charge in [0.1, 0.15) is 0 Å². The molecule has 116 valence electrons. The first-order valence-electron chi connectivity index (χ1n) is 6.78. The van der Waals surface area contributed by atoms with Crippen molar-refractivity contribution in [1.29, 1.82) is 0 Å². The lowest BCUT2D eigenvalue weighted by atomic mass is 10.2. The minimum atomic E-state index is -3.69. The first kappa shape index (κ1) is 15.9. The summed E-state index contributed by atoms with van der Waals surface area (Å²) in [5.74, 6) is -0.512. The monoisotopic (exact) mass is 313 g/mol. The van der Waals surface area contributed by atoms with Crippen molar-refractivity contribution in [2.75, 3.05) is 26.8 Å². The van der Waals surface area contributed by atoms with E-state index in [9.17, 15) is 13.2 Å². The van der Waals surface area contributed by atoms with Gasteiger partial charge in [-0.2, -0.15) is 4.31 Å². The molecule has 1 N–H and O–H groups in total. The fourth-order valence-electron chi connectivity index (χ4n) is 1.82. The Labute approximate surface area is 124 Å². The number of rotatable bonds is 8. The predicted molar refractivity (Wildman–Crippen MR) is 76.8 cm³/mol. The second kappa shape index (κ2) is 6.55. The molecule has 2 rings (SSSR count). The quantitative estimate of drug-likeness (QED) is 0.734. The van der Waals surface area contributed by atoms with E-state index in [0.29, 0.717) is 19.1 Å². The molecule has 0 aliphatic heterocycles. The summed E-state index contributed by atoms with van der Waals surface area (Å²) < 4.78 is 31.3. The number of carboxylic acid groups (broad SMARTS) is 1. The minimum absolute atomic E-state index is 0.0212. The smallest absolute Gasteiger partial charge is 0.335 e. The summed E-state index contributed by atoms with van der Waals surface area (Å²) in [5.41, 5.74) is -0.0468. The van der Waals surface area contributed by atoms with Gasteiger partial charge in [-0.1, -0.05) is 6.07 Å². The fourth-order valence-corrected chi connectivity index (χ4v) is 3.02. The number of benzene rings is 1. The molecule has 0 bridgehead atoms. The van der Waals surface area contributed by atoms with Crippen molar-refractivity contribution >= 4 is 16.0 Å². The van der Waals surface area contributed by atoms with Crippen LogP contribution in [-0.4, -0.2) is 50.6 Å². The van der Waals surface area contributed by atoms with Crippen LogP contribution in [-0.2, 0) is 14.8 Å². The Hall–Kier alpha value is -1.44. The van der Waals surface area contributed by atoms with E-state index in [1.807, 2.05) is 0 Å². The molecule has 1 aromatic carbocycles. The van der Waals surface area contributed by atoms with E-state index in [-0.39, 0.29) is 17.0 Å². The second-order valence-corrected chi connectivity index (χ2v) is 7.22. The predicted octanol–water partition coefficient (Wildman–Crippen LogP) is 1.43. The molecule has 1 fully saturated rings. The highest BCUT2D eigenvalue weighted by atomic mass is 32.2. The minimum Gasteiger partial charge on any atom is -0.478 e. The molecule has 1 aromatic rings. The van der Waals surface area contributed by atoms with Gasteiger partial charge in [-0.3, -0.25) is 0 Å². The number of hydrogen-bond donors (Lipinski definition) is 1. The SMILES string of the molecule is CN(CCOCC1CC1)S(=O)(=O)c1cccc(C(=O)O)c1. The lowest BCUT2D eigenvalue weighted by Gasteiger charge is -2.17. The second-order valence-electron chi connectivity index (χ2n) is 5.18. The number of carbonyl (C=O) groups is 1. The van der Waals surface area contributed by atoms with Gasteiger partial charge in [0.25, 0.3) is 0 Å². The van der Waals surface area contributed by atoms with Crippen LogP contribution in [0.15, 0.2) is 29.2 Å². The van der Waals surface area contributed by atoms with Crippen LogP contribution in [0.3, 0.4) is 0 Å². The van der Waals surface area contributed by atoms with Gasteiger partial charge in [0, 0.05) is 20.2 Å². The van der Waals surface area contributed by atoms with Crippen molar-refractivity contribution < 1.29 is 23.1 Å². The van der Waals surface area contributed by atoms with Crippen molar-refractivity contribution in [2.24, 2.45) is 5.92 Å². The number of ether oxygens (including phenoxy) is 1. The van der Waals surface area contributed by atoms with Crippen LogP contribution in [0, 0.1) is 5.92 Å². The van der Waals surface area contributed by atoms with Crippen LogP contribution in [0.5, 0.6) is 0 Å². The maximum absolute atomic E-state index is 12.3. The lowest BCUT2D eigenvalue weighted by Crippen LogP contribution is -2.30. The Balaban J connectivity index is 1.98. The van der Waals surface area contributed by atoms with Gasteiger partial charge in [-0.15, -0.1) is 0 Å². The van der Waals surface area contributed by atoms with Crippen LogP contribution in [0.25, 0.3) is 0 Å². The molecule has 0 unspecified atom stereocenters. The van der Waals surface area contributed by atoms with Gasteiger partial charge in [-0.05, 0) is 37.0 Å². The van der Waals surface area contributed by atoms with Crippen molar-refractivity contribution in [3.63, 3.8) is 0 Å². The third-order valence-electron chi connectivity index (χ3n) is 3.39. The van der Waals surface area contributed by atoms with Crippen LogP contribution in [0.4, 0.5) is 0 Å². The Bertz CT molecular complexity index is 610. The largest absolute Gasteiger partial charge is 0.478 e. The molecule has 0 aromatic heterocycles. The Morgan fingerprint density at radius 2 is 2.14 bits per heavy atom. The van der Waals surface area contributed by atoms with Gasteiger partial charge < -0.3 is 9.84 Å². The zero-order valence-electron chi connectivity index (χ0n) is 11.9. The van der Waals surface area contributed by atoms with Gasteiger partial charge >= 0.3 is 5.97 Å². The zero-order chi connectivity index (χ0) is 15.5. The molecular formula is C14H19NO5S. The molecule has 7 heteroatoms. The summed E-state index contributed by atoms with van der Waals surface area (Å²) in [6, 6.07) is 5.34. The fraction of sp³-hybridized carbons (Fsp3) is 0.500. The molecule has 0 saturated heterocycles. The Kier molecular flexibility index (Phi) is 4.97. The molecule has 21 heavy (non-hydrogen) atoms. The number of aromatic carboxylic acids is 1. The number of carboxylic acids is 1. The molecule has 1 aliphatic rings.